The van der Waals surface area contributed by atoms with Crippen LogP contribution in [0.15, 0.2) is 229 Å². The van der Waals surface area contributed by atoms with Gasteiger partial charge in [0.1, 0.15) is 11.2 Å². The van der Waals surface area contributed by atoms with Gasteiger partial charge in [-0.3, -0.25) is 0 Å². The minimum absolute atomic E-state index is 0.604. The van der Waals surface area contributed by atoms with Crippen molar-refractivity contribution in [1.82, 2.24) is 0 Å². The second kappa shape index (κ2) is 13.5. The molecule has 2 aliphatic carbocycles. The number of rotatable bonds is 4. The summed E-state index contributed by atoms with van der Waals surface area (Å²) >= 11 is 1.90. The molecule has 0 N–H and O–H groups in total. The van der Waals surface area contributed by atoms with E-state index in [-0.39, 0.29) is 0 Å². The van der Waals surface area contributed by atoms with Crippen LogP contribution in [0, 0.1) is 0 Å². The SMILES string of the molecule is c1ccc(-c2ccccc2N(c2ccc3c(c2)-c2ccccc2-c2ccccc2C32c3ccccc3-c3cc4c(cc32)sc2ccccc24)c2cccc3oc4ccccc4c23)cc1. The average molecular weight is 832 g/mol. The Morgan fingerprint density at radius 3 is 1.73 bits per heavy atom. The average Bonchev–Trinajstić information content (AvgIpc) is 4.00. The number of hydrogen-bond donors (Lipinski definition) is 0. The van der Waals surface area contributed by atoms with E-state index in [9.17, 15) is 0 Å². The lowest BCUT2D eigenvalue weighted by Gasteiger charge is -2.36. The minimum atomic E-state index is -0.604. The summed E-state index contributed by atoms with van der Waals surface area (Å²) in [5, 5.41) is 4.82. The lowest BCUT2D eigenvalue weighted by molar-refractivity contribution is 0.669. The number of hydrogen-bond acceptors (Lipinski definition) is 3. The van der Waals surface area contributed by atoms with Crippen molar-refractivity contribution in [3.05, 3.63) is 247 Å². The van der Waals surface area contributed by atoms with Crippen molar-refractivity contribution >= 4 is 70.5 Å². The van der Waals surface area contributed by atoms with Crippen molar-refractivity contribution in [3.8, 4) is 44.5 Å². The molecular formula is C61H37NOS. The molecule has 2 aliphatic rings. The van der Waals surface area contributed by atoms with Crippen LogP contribution in [0.25, 0.3) is 86.6 Å². The molecule has 0 bridgehead atoms. The Kier molecular flexibility index (Phi) is 7.51. The number of fused-ring (bicyclic) bond motifs is 18. The van der Waals surface area contributed by atoms with Crippen LogP contribution < -0.4 is 4.90 Å². The fourth-order valence-corrected chi connectivity index (χ4v) is 12.4. The van der Waals surface area contributed by atoms with Crippen LogP contribution in [-0.4, -0.2) is 0 Å². The lowest BCUT2D eigenvalue weighted by Crippen LogP contribution is -2.29. The Labute approximate surface area is 374 Å². The van der Waals surface area contributed by atoms with E-state index in [4.69, 9.17) is 4.42 Å². The summed E-state index contributed by atoms with van der Waals surface area (Å²) in [6, 6.07) is 83.1. The smallest absolute Gasteiger partial charge is 0.137 e. The summed E-state index contributed by atoms with van der Waals surface area (Å²) in [5.41, 5.74) is 19.5. The molecule has 12 aromatic rings. The quantitative estimate of drug-likeness (QED) is 0.176. The highest BCUT2D eigenvalue weighted by atomic mass is 32.1. The summed E-state index contributed by atoms with van der Waals surface area (Å²) in [6.45, 7) is 0. The molecule has 0 radical (unpaired) electrons. The predicted molar refractivity (Wildman–Crippen MR) is 268 cm³/mol. The normalized spacial score (nSPS) is 14.6. The van der Waals surface area contributed by atoms with Gasteiger partial charge in [0.2, 0.25) is 0 Å². The number of para-hydroxylation sites is 2. The maximum Gasteiger partial charge on any atom is 0.137 e. The zero-order chi connectivity index (χ0) is 41.9. The highest BCUT2D eigenvalue weighted by Crippen LogP contribution is 2.63. The van der Waals surface area contributed by atoms with Crippen molar-refractivity contribution < 1.29 is 4.42 Å². The largest absolute Gasteiger partial charge is 0.456 e. The van der Waals surface area contributed by atoms with Gasteiger partial charge in [0.15, 0.2) is 0 Å². The Balaban J connectivity index is 1.12. The molecule has 0 amide bonds. The van der Waals surface area contributed by atoms with E-state index in [1.807, 2.05) is 11.3 Å². The summed E-state index contributed by atoms with van der Waals surface area (Å²) < 4.78 is 9.20. The third-order valence-electron chi connectivity index (χ3n) is 13.9. The van der Waals surface area contributed by atoms with Crippen LogP contribution in [0.4, 0.5) is 17.1 Å². The zero-order valence-corrected chi connectivity index (χ0v) is 35.4. The number of benzene rings is 10. The van der Waals surface area contributed by atoms with E-state index in [1.165, 1.54) is 75.8 Å². The van der Waals surface area contributed by atoms with E-state index < -0.39 is 5.41 Å². The van der Waals surface area contributed by atoms with Gasteiger partial charge in [0, 0.05) is 36.8 Å². The molecule has 10 aromatic carbocycles. The molecule has 2 heterocycles. The van der Waals surface area contributed by atoms with Gasteiger partial charge in [0.05, 0.1) is 22.2 Å². The lowest BCUT2D eigenvalue weighted by atomic mass is 9.66. The minimum Gasteiger partial charge on any atom is -0.456 e. The van der Waals surface area contributed by atoms with Crippen LogP contribution >= 0.6 is 11.3 Å². The Bertz CT molecular complexity index is 3870. The highest BCUT2D eigenvalue weighted by molar-refractivity contribution is 7.25. The molecule has 64 heavy (non-hydrogen) atoms. The first-order valence-corrected chi connectivity index (χ1v) is 22.8. The van der Waals surface area contributed by atoms with Gasteiger partial charge in [0.25, 0.3) is 0 Å². The second-order valence-electron chi connectivity index (χ2n) is 17.1. The van der Waals surface area contributed by atoms with Gasteiger partial charge in [-0.2, -0.15) is 0 Å². The van der Waals surface area contributed by atoms with Crippen molar-refractivity contribution in [2.75, 3.05) is 4.90 Å². The number of nitrogens with zero attached hydrogens (tertiary/aromatic N) is 1. The predicted octanol–water partition coefficient (Wildman–Crippen LogP) is 17.1. The number of thiophene rings is 1. The fourth-order valence-electron chi connectivity index (χ4n) is 11.3. The molecule has 0 fully saturated rings. The van der Waals surface area contributed by atoms with E-state index in [0.29, 0.717) is 0 Å². The van der Waals surface area contributed by atoms with Gasteiger partial charge < -0.3 is 9.32 Å². The van der Waals surface area contributed by atoms with E-state index >= 15 is 0 Å². The monoisotopic (exact) mass is 831 g/mol. The molecule has 0 saturated heterocycles. The first-order valence-electron chi connectivity index (χ1n) is 22.0. The standard InChI is InChI=1S/C61H37NOS/c1-2-17-38(18-3-1)40-19-8-13-28-54(40)62(55-29-16-31-57-60(55)46-25-9-14-30-56(46)63-57)39-33-34-52-47(35-39)42-21-5-4-20-41(42)43-22-6-11-26-50(43)61(52)51-27-12-7-23-44(51)48-36-49-45-24-10-15-32-58(45)64-59(49)37-53(48)61/h1-37H. The van der Waals surface area contributed by atoms with Crippen molar-refractivity contribution in [1.29, 1.82) is 0 Å². The summed E-state index contributed by atoms with van der Waals surface area (Å²) in [5.74, 6) is 0. The van der Waals surface area contributed by atoms with Crippen LogP contribution in [0.5, 0.6) is 0 Å². The fraction of sp³-hybridized carbons (Fsp3) is 0.0164. The topological polar surface area (TPSA) is 16.4 Å². The molecule has 1 atom stereocenters. The maximum absolute atomic E-state index is 6.57. The van der Waals surface area contributed by atoms with E-state index in [2.05, 4.69) is 229 Å². The van der Waals surface area contributed by atoms with Crippen LogP contribution in [0.2, 0.25) is 0 Å². The molecule has 2 aromatic heterocycles. The molecular weight excluding hydrogens is 795 g/mol. The van der Waals surface area contributed by atoms with E-state index in [0.717, 1.165) is 50.1 Å². The third-order valence-corrected chi connectivity index (χ3v) is 15.0. The zero-order valence-electron chi connectivity index (χ0n) is 34.6. The van der Waals surface area contributed by atoms with Crippen LogP contribution in [-0.2, 0) is 5.41 Å². The molecule has 0 aliphatic heterocycles. The van der Waals surface area contributed by atoms with Gasteiger partial charge in [-0.15, -0.1) is 11.3 Å². The first kappa shape index (κ1) is 35.6. The summed E-state index contributed by atoms with van der Waals surface area (Å²) in [4.78, 5) is 2.47. The maximum atomic E-state index is 6.57. The Morgan fingerprint density at radius 1 is 0.344 bits per heavy atom. The number of furan rings is 1. The molecule has 2 nitrogen and oxygen atoms in total. The van der Waals surface area contributed by atoms with Crippen molar-refractivity contribution in [2.45, 2.75) is 5.41 Å². The van der Waals surface area contributed by atoms with Crippen molar-refractivity contribution in [2.24, 2.45) is 0 Å². The second-order valence-corrected chi connectivity index (χ2v) is 18.2. The Morgan fingerprint density at radius 2 is 0.922 bits per heavy atom. The van der Waals surface area contributed by atoms with Gasteiger partial charge in [-0.05, 0) is 116 Å². The molecule has 298 valence electrons. The first-order chi connectivity index (χ1) is 31.8. The Hall–Kier alpha value is -7.98. The van der Waals surface area contributed by atoms with Gasteiger partial charge in [-0.1, -0.05) is 170 Å². The number of anilines is 3. The van der Waals surface area contributed by atoms with Gasteiger partial charge >= 0.3 is 0 Å². The highest BCUT2D eigenvalue weighted by Gasteiger charge is 2.50. The third kappa shape index (κ3) is 4.85. The molecule has 3 heteroatoms. The van der Waals surface area contributed by atoms with E-state index in [1.54, 1.807) is 0 Å². The van der Waals surface area contributed by atoms with Gasteiger partial charge in [-0.25, -0.2) is 0 Å². The molecule has 14 rings (SSSR count). The van der Waals surface area contributed by atoms with Crippen LogP contribution in [0.3, 0.4) is 0 Å². The molecule has 1 unspecified atom stereocenters. The molecule has 1 spiro atoms. The van der Waals surface area contributed by atoms with Crippen molar-refractivity contribution in [3.63, 3.8) is 0 Å². The summed E-state index contributed by atoms with van der Waals surface area (Å²) in [6.07, 6.45) is 0. The molecule has 0 saturated carbocycles. The summed E-state index contributed by atoms with van der Waals surface area (Å²) in [7, 11) is 0. The van der Waals surface area contributed by atoms with Crippen LogP contribution in [0.1, 0.15) is 22.3 Å².